The van der Waals surface area contributed by atoms with E-state index in [0.717, 1.165) is 11.3 Å². The van der Waals surface area contributed by atoms with Crippen molar-refractivity contribution >= 4 is 5.91 Å². The molecule has 1 atom stereocenters. The van der Waals surface area contributed by atoms with E-state index < -0.39 is 6.04 Å². The number of tetrazole rings is 1. The van der Waals surface area contributed by atoms with E-state index in [1.807, 2.05) is 30.3 Å². The molecule has 0 fully saturated rings. The van der Waals surface area contributed by atoms with E-state index in [9.17, 15) is 4.79 Å². The number of aromatic amines is 1. The van der Waals surface area contributed by atoms with Crippen LogP contribution in [0.25, 0.3) is 0 Å². The molecule has 3 rings (SSSR count). The van der Waals surface area contributed by atoms with Crippen LogP contribution in [0.15, 0.2) is 36.5 Å². The summed E-state index contributed by atoms with van der Waals surface area (Å²) in [7, 11) is 0. The number of rotatable bonds is 6. The van der Waals surface area contributed by atoms with Crippen LogP contribution in [0.5, 0.6) is 0 Å². The fourth-order valence-corrected chi connectivity index (χ4v) is 2.27. The molecule has 3 aromatic rings. The first-order chi connectivity index (χ1) is 11.3. The van der Waals surface area contributed by atoms with Gasteiger partial charge in [-0.3, -0.25) is 4.79 Å². The lowest BCUT2D eigenvalue weighted by molar-refractivity contribution is -0.123. The maximum Gasteiger partial charge on any atom is 0.249 e. The molecule has 23 heavy (non-hydrogen) atoms. The summed E-state index contributed by atoms with van der Waals surface area (Å²) in [5.41, 5.74) is 1.61. The molecule has 9 nitrogen and oxygen atoms in total. The van der Waals surface area contributed by atoms with E-state index in [-0.39, 0.29) is 5.91 Å². The van der Waals surface area contributed by atoms with Gasteiger partial charge < -0.3 is 5.32 Å². The number of nitrogens with one attached hydrogen (secondary N) is 2. The number of hydrogen-bond donors (Lipinski definition) is 2. The highest BCUT2D eigenvalue weighted by atomic mass is 16.2. The summed E-state index contributed by atoms with van der Waals surface area (Å²) in [6.07, 6.45) is 2.23. The zero-order valence-corrected chi connectivity index (χ0v) is 12.5. The molecule has 0 saturated carbocycles. The molecule has 0 aliphatic rings. The molecule has 0 saturated heterocycles. The Morgan fingerprint density at radius 1 is 1.35 bits per heavy atom. The van der Waals surface area contributed by atoms with Gasteiger partial charge in [0.25, 0.3) is 0 Å². The Kier molecular flexibility index (Phi) is 4.37. The summed E-state index contributed by atoms with van der Waals surface area (Å²) >= 11 is 0. The lowest BCUT2D eigenvalue weighted by Crippen LogP contribution is -2.35. The van der Waals surface area contributed by atoms with Gasteiger partial charge in [-0.2, -0.15) is 15.4 Å². The number of benzene rings is 1. The van der Waals surface area contributed by atoms with Crippen LogP contribution in [0.4, 0.5) is 0 Å². The van der Waals surface area contributed by atoms with Crippen LogP contribution < -0.4 is 5.32 Å². The number of nitrogens with zero attached hydrogens (tertiary/aromatic N) is 6. The smallest absolute Gasteiger partial charge is 0.249 e. The normalized spacial score (nSPS) is 12.0. The summed E-state index contributed by atoms with van der Waals surface area (Å²) in [5, 5.41) is 24.6. The molecule has 2 N–H and O–H groups in total. The molecule has 0 aliphatic carbocycles. The Labute approximate surface area is 132 Å². The highest BCUT2D eigenvalue weighted by Crippen LogP contribution is 2.18. The Bertz CT molecular complexity index is 752. The van der Waals surface area contributed by atoms with Crippen molar-refractivity contribution in [2.75, 3.05) is 6.54 Å². The van der Waals surface area contributed by atoms with Crippen LogP contribution in [-0.4, -0.2) is 48.1 Å². The Morgan fingerprint density at radius 2 is 2.17 bits per heavy atom. The summed E-state index contributed by atoms with van der Waals surface area (Å²) in [5.74, 6) is 0.403. The van der Waals surface area contributed by atoms with Gasteiger partial charge in [-0.1, -0.05) is 30.3 Å². The number of amides is 1. The number of H-pyrrole nitrogens is 1. The molecule has 0 aliphatic heterocycles. The first-order valence-electron chi connectivity index (χ1n) is 7.17. The van der Waals surface area contributed by atoms with Crippen molar-refractivity contribution in [3.63, 3.8) is 0 Å². The molecule has 1 aromatic carbocycles. The topological polar surface area (TPSA) is 114 Å². The van der Waals surface area contributed by atoms with Crippen LogP contribution >= 0.6 is 0 Å². The van der Waals surface area contributed by atoms with E-state index in [0.29, 0.717) is 18.8 Å². The monoisotopic (exact) mass is 312 g/mol. The van der Waals surface area contributed by atoms with Crippen molar-refractivity contribution in [2.24, 2.45) is 0 Å². The minimum atomic E-state index is -0.608. The standard InChI is InChI=1S/C14H16N8O/c1-10-17-20-21-22(10)13(11-5-3-2-4-6-11)14(23)15-8-7-12-9-16-19-18-12/h2-6,9,13H,7-8H2,1H3,(H,15,23)(H,16,18,19)/t13-/m0/s1. The number of hydrogen-bond acceptors (Lipinski definition) is 6. The second kappa shape index (κ2) is 6.77. The molecule has 118 valence electrons. The largest absolute Gasteiger partial charge is 0.354 e. The Morgan fingerprint density at radius 3 is 2.83 bits per heavy atom. The maximum atomic E-state index is 12.7. The van der Waals surface area contributed by atoms with Crippen LogP contribution in [-0.2, 0) is 11.2 Å². The van der Waals surface area contributed by atoms with Gasteiger partial charge >= 0.3 is 0 Å². The van der Waals surface area contributed by atoms with Crippen molar-refractivity contribution in [3.05, 3.63) is 53.6 Å². The minimum absolute atomic E-state index is 0.171. The minimum Gasteiger partial charge on any atom is -0.354 e. The number of aryl methyl sites for hydroxylation is 1. The summed E-state index contributed by atoms with van der Waals surface area (Å²) < 4.78 is 1.51. The molecular formula is C14H16N8O. The van der Waals surface area contributed by atoms with Crippen molar-refractivity contribution in [3.8, 4) is 0 Å². The van der Waals surface area contributed by atoms with Gasteiger partial charge in [0.2, 0.25) is 5.91 Å². The Hall–Kier alpha value is -3.10. The molecular weight excluding hydrogens is 296 g/mol. The number of aromatic nitrogens is 7. The van der Waals surface area contributed by atoms with E-state index in [2.05, 4.69) is 36.3 Å². The van der Waals surface area contributed by atoms with Gasteiger partial charge in [0.1, 0.15) is 5.82 Å². The van der Waals surface area contributed by atoms with Gasteiger partial charge in [-0.25, -0.2) is 4.68 Å². The summed E-state index contributed by atoms with van der Waals surface area (Å²) in [6.45, 7) is 2.22. The molecule has 0 bridgehead atoms. The van der Waals surface area contributed by atoms with Crippen LogP contribution in [0.2, 0.25) is 0 Å². The second-order valence-corrected chi connectivity index (χ2v) is 4.99. The van der Waals surface area contributed by atoms with E-state index >= 15 is 0 Å². The fraction of sp³-hybridized carbons (Fsp3) is 0.286. The lowest BCUT2D eigenvalue weighted by Gasteiger charge is -2.17. The molecule has 9 heteroatoms. The van der Waals surface area contributed by atoms with Crippen LogP contribution in [0.3, 0.4) is 0 Å². The SMILES string of the molecule is Cc1nnnn1[C@H](C(=O)NCCc1cn[nH]n1)c1ccccc1. The van der Waals surface area contributed by atoms with Gasteiger partial charge in [0.05, 0.1) is 11.9 Å². The summed E-state index contributed by atoms with van der Waals surface area (Å²) in [6, 6.07) is 8.81. The molecule has 0 unspecified atom stereocenters. The first-order valence-corrected chi connectivity index (χ1v) is 7.17. The van der Waals surface area contributed by atoms with Gasteiger partial charge in [0, 0.05) is 13.0 Å². The van der Waals surface area contributed by atoms with Crippen molar-refractivity contribution < 1.29 is 4.79 Å². The van der Waals surface area contributed by atoms with Gasteiger partial charge in [-0.15, -0.1) is 5.10 Å². The fourth-order valence-electron chi connectivity index (χ4n) is 2.27. The highest BCUT2D eigenvalue weighted by Gasteiger charge is 2.25. The third-order valence-electron chi connectivity index (χ3n) is 3.41. The zero-order chi connectivity index (χ0) is 16.1. The number of carbonyl (C=O) groups is 1. The number of carbonyl (C=O) groups excluding carboxylic acids is 1. The highest BCUT2D eigenvalue weighted by molar-refractivity contribution is 5.83. The maximum absolute atomic E-state index is 12.7. The molecule has 0 spiro atoms. The predicted molar refractivity (Wildman–Crippen MR) is 80.2 cm³/mol. The average molecular weight is 312 g/mol. The van der Waals surface area contributed by atoms with Gasteiger partial charge in [0.15, 0.2) is 6.04 Å². The Balaban J connectivity index is 1.75. The van der Waals surface area contributed by atoms with Crippen LogP contribution in [0, 0.1) is 6.92 Å². The average Bonchev–Trinajstić information content (AvgIpc) is 3.21. The second-order valence-electron chi connectivity index (χ2n) is 4.99. The van der Waals surface area contributed by atoms with Crippen molar-refractivity contribution in [2.45, 2.75) is 19.4 Å². The first kappa shape index (κ1) is 14.8. The summed E-state index contributed by atoms with van der Waals surface area (Å²) in [4.78, 5) is 12.7. The third-order valence-corrected chi connectivity index (χ3v) is 3.41. The zero-order valence-electron chi connectivity index (χ0n) is 12.5. The van der Waals surface area contributed by atoms with E-state index in [1.54, 1.807) is 13.1 Å². The molecule has 1 amide bonds. The third kappa shape index (κ3) is 3.39. The molecule has 2 heterocycles. The molecule has 2 aromatic heterocycles. The van der Waals surface area contributed by atoms with Gasteiger partial charge in [-0.05, 0) is 22.9 Å². The van der Waals surface area contributed by atoms with Crippen molar-refractivity contribution in [1.82, 2.24) is 40.9 Å². The van der Waals surface area contributed by atoms with Crippen LogP contribution in [0.1, 0.15) is 23.1 Å². The van der Waals surface area contributed by atoms with Crippen molar-refractivity contribution in [1.29, 1.82) is 0 Å². The predicted octanol–water partition coefficient (Wildman–Crippen LogP) is 0.0479. The quantitative estimate of drug-likeness (QED) is 0.664. The molecule has 0 radical (unpaired) electrons. The lowest BCUT2D eigenvalue weighted by atomic mass is 10.1. The van der Waals surface area contributed by atoms with E-state index in [1.165, 1.54) is 4.68 Å². The van der Waals surface area contributed by atoms with E-state index in [4.69, 9.17) is 0 Å².